The summed E-state index contributed by atoms with van der Waals surface area (Å²) in [7, 11) is 0. The van der Waals surface area contributed by atoms with E-state index >= 15 is 0 Å². The van der Waals surface area contributed by atoms with Crippen LogP contribution in [0, 0.1) is 0 Å². The van der Waals surface area contributed by atoms with Gasteiger partial charge in [-0.05, 0) is 63.3 Å². The predicted octanol–water partition coefficient (Wildman–Crippen LogP) is 7.06. The van der Waals surface area contributed by atoms with Gasteiger partial charge in [0.15, 0.2) is 11.5 Å². The van der Waals surface area contributed by atoms with Gasteiger partial charge in [0.2, 0.25) is 0 Å². The van der Waals surface area contributed by atoms with Gasteiger partial charge >= 0.3 is 5.97 Å². The number of hydrogen-bond donors (Lipinski definition) is 1. The molecule has 0 aliphatic carbocycles. The highest BCUT2D eigenvalue weighted by atomic mass is 32.2. The van der Waals surface area contributed by atoms with Crippen molar-refractivity contribution in [1.82, 2.24) is 4.90 Å². The summed E-state index contributed by atoms with van der Waals surface area (Å²) in [6.45, 7) is 7.29. The Hall–Kier alpha value is -2.06. The summed E-state index contributed by atoms with van der Waals surface area (Å²) >= 11 is 6.71. The molecule has 0 bridgehead atoms. The van der Waals surface area contributed by atoms with E-state index < -0.39 is 5.97 Å². The molecule has 0 unspecified atom stereocenters. The summed E-state index contributed by atoms with van der Waals surface area (Å²) in [5.74, 6) is 0.499. The summed E-state index contributed by atoms with van der Waals surface area (Å²) in [5.41, 5.74) is 0.856. The quantitative estimate of drug-likeness (QED) is 0.134. The lowest BCUT2D eigenvalue weighted by Crippen LogP contribution is -2.29. The molecule has 2 rings (SSSR count). The molecule has 1 fully saturated rings. The standard InChI is InChI=1S/C27H39NO5S2/c1-4-6-7-8-10-13-20(3)33-22-16-15-21(18-23(22)32-5-2)19-24-26(31)28(27(34)35-24)17-12-9-11-14-25(29)30/h15-16,18-20H,4-14,17H2,1-3H3,(H,29,30)/b24-19+/t20-/m1/s1. The van der Waals surface area contributed by atoms with Crippen molar-refractivity contribution in [3.05, 3.63) is 28.7 Å². The fraction of sp³-hybridized carbons (Fsp3) is 0.593. The highest BCUT2D eigenvalue weighted by molar-refractivity contribution is 8.26. The second-order valence-corrected chi connectivity index (χ2v) is 10.5. The zero-order valence-corrected chi connectivity index (χ0v) is 22.8. The number of carbonyl (C=O) groups is 2. The summed E-state index contributed by atoms with van der Waals surface area (Å²) in [5, 5.41) is 8.74. The first-order chi connectivity index (χ1) is 16.8. The molecule has 0 radical (unpaired) electrons. The van der Waals surface area contributed by atoms with Crippen LogP contribution in [0.5, 0.6) is 11.5 Å². The van der Waals surface area contributed by atoms with Crippen molar-refractivity contribution < 1.29 is 24.2 Å². The maximum absolute atomic E-state index is 12.9. The van der Waals surface area contributed by atoms with Crippen molar-refractivity contribution in [1.29, 1.82) is 0 Å². The molecule has 1 atom stereocenters. The molecule has 6 nitrogen and oxygen atoms in total. The number of rotatable bonds is 17. The second kappa shape index (κ2) is 15.8. The van der Waals surface area contributed by atoms with E-state index in [-0.39, 0.29) is 18.4 Å². The van der Waals surface area contributed by atoms with Crippen LogP contribution < -0.4 is 9.47 Å². The Bertz CT molecular complexity index is 886. The van der Waals surface area contributed by atoms with Gasteiger partial charge in [0.1, 0.15) is 4.32 Å². The normalized spacial score (nSPS) is 15.6. The first kappa shape index (κ1) is 29.2. The summed E-state index contributed by atoms with van der Waals surface area (Å²) in [6.07, 6.45) is 11.4. The van der Waals surface area contributed by atoms with Gasteiger partial charge in [0, 0.05) is 13.0 Å². The average Bonchev–Trinajstić information content (AvgIpc) is 3.07. The lowest BCUT2D eigenvalue weighted by molar-refractivity contribution is -0.137. The van der Waals surface area contributed by atoms with Crippen molar-refractivity contribution in [2.75, 3.05) is 13.2 Å². The van der Waals surface area contributed by atoms with Crippen molar-refractivity contribution in [2.45, 2.75) is 91.1 Å². The van der Waals surface area contributed by atoms with Crippen LogP contribution in [-0.4, -0.2) is 45.5 Å². The molecule has 0 saturated carbocycles. The lowest BCUT2D eigenvalue weighted by atomic mass is 10.1. The number of aliphatic carboxylic acids is 1. The van der Waals surface area contributed by atoms with Crippen molar-refractivity contribution in [2.24, 2.45) is 0 Å². The Morgan fingerprint density at radius 2 is 1.86 bits per heavy atom. The van der Waals surface area contributed by atoms with Crippen LogP contribution in [0.4, 0.5) is 0 Å². The largest absolute Gasteiger partial charge is 0.490 e. The number of carboxylic acids is 1. The molecule has 1 aliphatic rings. The topological polar surface area (TPSA) is 76.1 Å². The van der Waals surface area contributed by atoms with E-state index in [1.54, 1.807) is 4.90 Å². The molecule has 1 heterocycles. The van der Waals surface area contributed by atoms with Gasteiger partial charge in [0.05, 0.1) is 17.6 Å². The Morgan fingerprint density at radius 3 is 2.57 bits per heavy atom. The summed E-state index contributed by atoms with van der Waals surface area (Å²) in [6, 6.07) is 5.75. The van der Waals surface area contributed by atoms with E-state index in [0.29, 0.717) is 34.5 Å². The van der Waals surface area contributed by atoms with Crippen molar-refractivity contribution in [3.63, 3.8) is 0 Å². The molecule has 0 spiro atoms. The fourth-order valence-corrected chi connectivity index (χ4v) is 5.17. The number of carbonyl (C=O) groups excluding carboxylic acids is 1. The van der Waals surface area contributed by atoms with Gasteiger partial charge in [-0.3, -0.25) is 14.5 Å². The van der Waals surface area contributed by atoms with Crippen LogP contribution in [0.1, 0.15) is 90.5 Å². The van der Waals surface area contributed by atoms with Crippen molar-refractivity contribution >= 4 is 46.3 Å². The molecular formula is C27H39NO5S2. The molecule has 1 aliphatic heterocycles. The minimum Gasteiger partial charge on any atom is -0.490 e. The maximum atomic E-state index is 12.9. The molecule has 1 saturated heterocycles. The number of hydrogen-bond acceptors (Lipinski definition) is 6. The van der Waals surface area contributed by atoms with E-state index in [1.807, 2.05) is 31.2 Å². The van der Waals surface area contributed by atoms with E-state index in [9.17, 15) is 9.59 Å². The van der Waals surface area contributed by atoms with Gasteiger partial charge < -0.3 is 14.6 Å². The fourth-order valence-electron chi connectivity index (χ4n) is 3.86. The molecule has 194 valence electrons. The number of unbranched alkanes of at least 4 members (excludes halogenated alkanes) is 6. The molecular weight excluding hydrogens is 482 g/mol. The number of thiocarbonyl (C=S) groups is 1. The minimum absolute atomic E-state index is 0.104. The minimum atomic E-state index is -0.793. The summed E-state index contributed by atoms with van der Waals surface area (Å²) < 4.78 is 12.6. The van der Waals surface area contributed by atoms with E-state index in [1.165, 1.54) is 37.4 Å². The Morgan fingerprint density at radius 1 is 1.11 bits per heavy atom. The van der Waals surface area contributed by atoms with Crippen LogP contribution in [0.15, 0.2) is 23.1 Å². The number of benzene rings is 1. The first-order valence-electron chi connectivity index (χ1n) is 12.8. The third kappa shape index (κ3) is 10.2. The molecule has 8 heteroatoms. The maximum Gasteiger partial charge on any atom is 0.303 e. The third-order valence-corrected chi connectivity index (χ3v) is 7.13. The van der Waals surface area contributed by atoms with Gasteiger partial charge in [0.25, 0.3) is 5.91 Å². The van der Waals surface area contributed by atoms with Crippen LogP contribution >= 0.6 is 24.0 Å². The summed E-state index contributed by atoms with van der Waals surface area (Å²) in [4.78, 5) is 25.7. The van der Waals surface area contributed by atoms with Crippen LogP contribution in [0.3, 0.4) is 0 Å². The highest BCUT2D eigenvalue weighted by Crippen LogP contribution is 2.35. The number of carboxylic acid groups (broad SMARTS) is 1. The zero-order chi connectivity index (χ0) is 25.6. The third-order valence-electron chi connectivity index (χ3n) is 5.75. The smallest absolute Gasteiger partial charge is 0.303 e. The Balaban J connectivity index is 1.98. The number of nitrogens with zero attached hydrogens (tertiary/aromatic N) is 1. The molecule has 1 aromatic carbocycles. The second-order valence-electron chi connectivity index (χ2n) is 8.81. The number of thioether (sulfide) groups is 1. The molecule has 35 heavy (non-hydrogen) atoms. The molecule has 1 amide bonds. The van der Waals surface area contributed by atoms with E-state index in [0.717, 1.165) is 37.0 Å². The van der Waals surface area contributed by atoms with Gasteiger partial charge in [-0.25, -0.2) is 0 Å². The number of ether oxygens (including phenoxy) is 2. The van der Waals surface area contributed by atoms with Gasteiger partial charge in [-0.15, -0.1) is 0 Å². The predicted molar refractivity (Wildman–Crippen MR) is 147 cm³/mol. The highest BCUT2D eigenvalue weighted by Gasteiger charge is 2.31. The Kier molecular flexibility index (Phi) is 13.2. The van der Waals surface area contributed by atoms with Crippen molar-refractivity contribution in [3.8, 4) is 11.5 Å². The lowest BCUT2D eigenvalue weighted by Gasteiger charge is -2.18. The van der Waals surface area contributed by atoms with Gasteiger partial charge in [-0.1, -0.05) is 69.1 Å². The average molecular weight is 522 g/mol. The number of amides is 1. The van der Waals surface area contributed by atoms with E-state index in [2.05, 4.69) is 13.8 Å². The van der Waals surface area contributed by atoms with Crippen LogP contribution in [0.25, 0.3) is 6.08 Å². The first-order valence-corrected chi connectivity index (χ1v) is 14.0. The molecule has 1 aromatic rings. The molecule has 0 aromatic heterocycles. The SMILES string of the molecule is CCCCCCC[C@@H](C)Oc1ccc(/C=C2/SC(=S)N(CCCCCC(=O)O)C2=O)cc1OCC. The van der Waals surface area contributed by atoms with Crippen LogP contribution in [-0.2, 0) is 9.59 Å². The Labute approximate surface area is 219 Å². The molecule has 1 N–H and O–H groups in total. The van der Waals surface area contributed by atoms with E-state index in [4.69, 9.17) is 26.8 Å². The van der Waals surface area contributed by atoms with Crippen LogP contribution in [0.2, 0.25) is 0 Å². The monoisotopic (exact) mass is 521 g/mol. The zero-order valence-electron chi connectivity index (χ0n) is 21.2. The van der Waals surface area contributed by atoms with Gasteiger partial charge in [-0.2, -0.15) is 0 Å².